The van der Waals surface area contributed by atoms with E-state index in [0.717, 1.165) is 29.2 Å². The zero-order chi connectivity index (χ0) is 21.4. The number of hydrogen-bond donors (Lipinski definition) is 1. The number of ether oxygens (including phenoxy) is 1. The predicted octanol–water partition coefficient (Wildman–Crippen LogP) is 0.941. The van der Waals surface area contributed by atoms with Gasteiger partial charge in [0.1, 0.15) is 17.6 Å². The van der Waals surface area contributed by atoms with Gasteiger partial charge in [-0.2, -0.15) is 5.26 Å². The number of methoxy groups -OCH3 is 1. The van der Waals surface area contributed by atoms with Crippen LogP contribution in [0.5, 0.6) is 5.75 Å². The summed E-state index contributed by atoms with van der Waals surface area (Å²) in [6, 6.07) is 11.6. The number of benzene rings is 1. The SMILES string of the molecule is C=CO[N-]C.CCN(C)c1ccc(C#N)cn1.COc1c(C)cccc1CN.[K+]. The molecule has 0 amide bonds. The summed E-state index contributed by atoms with van der Waals surface area (Å²) in [4.78, 5) is 10.4. The molecule has 0 atom stereocenters. The second-order valence-corrected chi connectivity index (χ2v) is 5.46. The van der Waals surface area contributed by atoms with Crippen molar-refractivity contribution in [3.05, 3.63) is 71.5 Å². The quantitative estimate of drug-likeness (QED) is 0.422. The van der Waals surface area contributed by atoms with Gasteiger partial charge in [0.2, 0.25) is 0 Å². The minimum atomic E-state index is 0. The van der Waals surface area contributed by atoms with E-state index >= 15 is 0 Å². The Kier molecular flexibility index (Phi) is 19.1. The normalized spacial score (nSPS) is 8.59. The zero-order valence-electron chi connectivity index (χ0n) is 18.3. The van der Waals surface area contributed by atoms with Gasteiger partial charge >= 0.3 is 51.4 Å². The first-order valence-electron chi connectivity index (χ1n) is 8.74. The number of nitriles is 1. The summed E-state index contributed by atoms with van der Waals surface area (Å²) < 4.78 is 5.19. The van der Waals surface area contributed by atoms with E-state index in [2.05, 4.69) is 28.8 Å². The monoisotopic (exact) mass is 423 g/mol. The number of pyridine rings is 1. The first-order valence-corrected chi connectivity index (χ1v) is 8.74. The maximum atomic E-state index is 8.52. The average Bonchev–Trinajstić information content (AvgIpc) is 2.74. The van der Waals surface area contributed by atoms with E-state index in [9.17, 15) is 0 Å². The molecule has 1 heterocycles. The minimum absolute atomic E-state index is 0. The summed E-state index contributed by atoms with van der Waals surface area (Å²) in [6.45, 7) is 8.75. The molecular weight excluding hydrogens is 393 g/mol. The molecule has 0 aliphatic carbocycles. The molecule has 2 aromatic rings. The molecule has 0 saturated carbocycles. The van der Waals surface area contributed by atoms with Crippen LogP contribution in [-0.4, -0.2) is 32.7 Å². The van der Waals surface area contributed by atoms with Gasteiger partial charge in [0, 0.05) is 31.9 Å². The molecule has 152 valence electrons. The first-order chi connectivity index (χ1) is 13.5. The van der Waals surface area contributed by atoms with Gasteiger partial charge in [0.05, 0.1) is 18.9 Å². The van der Waals surface area contributed by atoms with E-state index < -0.39 is 0 Å². The molecule has 2 N–H and O–H groups in total. The Bertz CT molecular complexity index is 733. The molecule has 29 heavy (non-hydrogen) atoms. The van der Waals surface area contributed by atoms with E-state index in [0.29, 0.717) is 12.1 Å². The zero-order valence-corrected chi connectivity index (χ0v) is 21.5. The summed E-state index contributed by atoms with van der Waals surface area (Å²) in [6.07, 6.45) is 2.85. The van der Waals surface area contributed by atoms with Crippen LogP contribution in [0.15, 0.2) is 49.4 Å². The van der Waals surface area contributed by atoms with Crippen molar-refractivity contribution in [1.29, 1.82) is 5.26 Å². The van der Waals surface area contributed by atoms with Crippen molar-refractivity contribution in [1.82, 2.24) is 4.98 Å². The third kappa shape index (κ3) is 12.0. The van der Waals surface area contributed by atoms with Gasteiger partial charge in [-0.25, -0.2) is 4.98 Å². The number of hydroxylamine groups is 1. The summed E-state index contributed by atoms with van der Waals surface area (Å²) in [5, 5.41) is 8.52. The summed E-state index contributed by atoms with van der Waals surface area (Å²) in [7, 11) is 5.18. The van der Waals surface area contributed by atoms with Gasteiger partial charge in [-0.15, -0.1) is 7.05 Å². The molecule has 2 rings (SSSR count). The Balaban J connectivity index is 0. The van der Waals surface area contributed by atoms with E-state index in [1.54, 1.807) is 26.4 Å². The van der Waals surface area contributed by atoms with Gasteiger partial charge < -0.3 is 25.7 Å². The van der Waals surface area contributed by atoms with Crippen LogP contribution in [0.2, 0.25) is 0 Å². The topological polar surface area (TPSA) is 98.5 Å². The Labute approximate surface area is 217 Å². The number of hydrogen-bond acceptors (Lipinski definition) is 6. The Morgan fingerprint density at radius 3 is 2.38 bits per heavy atom. The van der Waals surface area contributed by atoms with Crippen molar-refractivity contribution in [2.45, 2.75) is 20.4 Å². The molecule has 0 radical (unpaired) electrons. The van der Waals surface area contributed by atoms with Crippen molar-refractivity contribution in [3.8, 4) is 11.8 Å². The van der Waals surface area contributed by atoms with Gasteiger partial charge in [-0.05, 0) is 31.5 Å². The van der Waals surface area contributed by atoms with Crippen LogP contribution in [0, 0.1) is 18.3 Å². The largest absolute Gasteiger partial charge is 1.00 e. The summed E-state index contributed by atoms with van der Waals surface area (Å²) in [5.74, 6) is 1.81. The molecular formula is C21H30KN5O2. The number of aromatic nitrogens is 1. The van der Waals surface area contributed by atoms with Crippen LogP contribution >= 0.6 is 0 Å². The number of para-hydroxylation sites is 1. The number of aryl methyl sites for hydroxylation is 1. The Morgan fingerprint density at radius 1 is 1.34 bits per heavy atom. The first kappa shape index (κ1) is 29.8. The van der Waals surface area contributed by atoms with Gasteiger partial charge in [-0.3, -0.25) is 0 Å². The number of nitrogens with zero attached hydrogens (tertiary/aromatic N) is 4. The maximum absolute atomic E-state index is 8.52. The average molecular weight is 424 g/mol. The van der Waals surface area contributed by atoms with Crippen molar-refractivity contribution in [2.75, 3.05) is 32.6 Å². The standard InChI is InChI=1S/C9H11N3.C9H13NO.C3H6NO.K/c1-3-12(2)9-5-4-8(6-10)7-11-9;1-7-4-3-5-8(6-10)9(7)11-2;1-3-5-4-2;/h4-5,7H,3H2,1-2H3;3-5H,6,10H2,1-2H3;3H,1H2,2H3;/q;;-1;+1. The summed E-state index contributed by atoms with van der Waals surface area (Å²) >= 11 is 0. The van der Waals surface area contributed by atoms with E-state index in [4.69, 9.17) is 15.7 Å². The molecule has 0 aliphatic heterocycles. The smallest absolute Gasteiger partial charge is 0.593 e. The fourth-order valence-electron chi connectivity index (χ4n) is 2.08. The van der Waals surface area contributed by atoms with Crippen LogP contribution in [0.25, 0.3) is 5.48 Å². The third-order valence-electron chi connectivity index (χ3n) is 3.64. The molecule has 0 fully saturated rings. The molecule has 7 nitrogen and oxygen atoms in total. The number of rotatable bonds is 6. The van der Waals surface area contributed by atoms with Crippen LogP contribution in [0.4, 0.5) is 5.82 Å². The number of anilines is 1. The van der Waals surface area contributed by atoms with Crippen molar-refractivity contribution < 1.29 is 61.0 Å². The van der Waals surface area contributed by atoms with E-state index in [-0.39, 0.29) is 51.4 Å². The molecule has 0 aliphatic rings. The van der Waals surface area contributed by atoms with Crippen molar-refractivity contribution >= 4 is 5.82 Å². The van der Waals surface area contributed by atoms with Crippen molar-refractivity contribution in [2.24, 2.45) is 5.73 Å². The Morgan fingerprint density at radius 2 is 2.03 bits per heavy atom. The molecule has 1 aromatic heterocycles. The van der Waals surface area contributed by atoms with Crippen LogP contribution in [0.1, 0.15) is 23.6 Å². The fraction of sp³-hybridized carbons (Fsp3) is 0.333. The van der Waals surface area contributed by atoms with Crippen LogP contribution < -0.4 is 66.8 Å². The van der Waals surface area contributed by atoms with E-state index in [1.165, 1.54) is 6.26 Å². The predicted molar refractivity (Wildman–Crippen MR) is 114 cm³/mol. The number of nitrogens with two attached hydrogens (primary N) is 1. The van der Waals surface area contributed by atoms with Crippen LogP contribution in [0.3, 0.4) is 0 Å². The van der Waals surface area contributed by atoms with E-state index in [1.807, 2.05) is 49.2 Å². The fourth-order valence-corrected chi connectivity index (χ4v) is 2.08. The van der Waals surface area contributed by atoms with Crippen LogP contribution in [-0.2, 0) is 11.4 Å². The molecule has 0 unspecified atom stereocenters. The minimum Gasteiger partial charge on any atom is -0.593 e. The summed E-state index contributed by atoms with van der Waals surface area (Å²) in [5.41, 5.74) is 11.5. The second kappa shape index (κ2) is 18.6. The Hall–Kier alpha value is -1.44. The molecule has 1 aromatic carbocycles. The molecule has 8 heteroatoms. The molecule has 0 spiro atoms. The van der Waals surface area contributed by atoms with Crippen molar-refractivity contribution in [3.63, 3.8) is 0 Å². The third-order valence-corrected chi connectivity index (χ3v) is 3.64. The van der Waals surface area contributed by atoms with Gasteiger partial charge in [-0.1, -0.05) is 24.8 Å². The molecule has 0 bridgehead atoms. The van der Waals surface area contributed by atoms with Gasteiger partial charge in [0.15, 0.2) is 0 Å². The second-order valence-electron chi connectivity index (χ2n) is 5.46. The molecule has 0 saturated heterocycles. The van der Waals surface area contributed by atoms with Gasteiger partial charge in [0.25, 0.3) is 0 Å². The maximum Gasteiger partial charge on any atom is 1.00 e.